The minimum Gasteiger partial charge on any atom is -0.550 e. The van der Waals surface area contributed by atoms with Crippen molar-refractivity contribution in [3.8, 4) is 0 Å². The lowest BCUT2D eigenvalue weighted by molar-refractivity contribution is -0.873. The number of halogens is 1. The molecule has 0 heterocycles. The van der Waals surface area contributed by atoms with Crippen molar-refractivity contribution in [3.63, 3.8) is 0 Å². The number of rotatable bonds is 5. The summed E-state index contributed by atoms with van der Waals surface area (Å²) in [7, 11) is 5.66. The first-order chi connectivity index (χ1) is 7.08. The van der Waals surface area contributed by atoms with E-state index in [1.165, 1.54) is 0 Å². The molecule has 0 fully saturated rings. The van der Waals surface area contributed by atoms with Gasteiger partial charge in [-0.05, 0) is 0 Å². The molecule has 0 aliphatic heterocycles. The molecule has 0 aromatic heterocycles. The Morgan fingerprint density at radius 2 is 1.71 bits per heavy atom. The van der Waals surface area contributed by atoms with Crippen LogP contribution in [-0.2, 0) is 9.59 Å². The van der Waals surface area contributed by atoms with Gasteiger partial charge >= 0.3 is 5.97 Å². The van der Waals surface area contributed by atoms with E-state index in [2.05, 4.69) is 5.73 Å². The predicted octanol–water partition coefficient (Wildman–Crippen LogP) is -2.35. The molecule has 0 aliphatic carbocycles. The maximum Gasteiger partial charge on any atom is 0.317 e. The van der Waals surface area contributed by atoms with Gasteiger partial charge in [0.05, 0.1) is 27.7 Å². The topological polar surface area (TPSA) is 124 Å². The van der Waals surface area contributed by atoms with Crippen LogP contribution in [0.25, 0.3) is 0 Å². The summed E-state index contributed by atoms with van der Waals surface area (Å²) in [5.74, 6) is -2.17. The zero-order valence-corrected chi connectivity index (χ0v) is 11.1. The third-order valence-electron chi connectivity index (χ3n) is 1.34. The van der Waals surface area contributed by atoms with Gasteiger partial charge in [0.2, 0.25) is 0 Å². The zero-order valence-electron chi connectivity index (χ0n) is 10.3. The number of carboxylic acid groups (broad SMARTS) is 2. The van der Waals surface area contributed by atoms with Gasteiger partial charge in [-0.15, -0.1) is 12.4 Å². The van der Waals surface area contributed by atoms with Crippen molar-refractivity contribution in [1.82, 2.24) is 0 Å². The zero-order chi connectivity index (χ0) is 13.4. The lowest BCUT2D eigenvalue weighted by atomic mass is 10.2. The standard InChI is InChI=1S/C7H15NO3.C2H5NO2.ClH/c1-8(2,3)5-6(9)4-7(10)11;3-1-2(4)5;/h6,9H,4-5H2,1-3H3;1,3H2,(H,4,5);1H/t6-;;/m1../s1. The number of hydrogen-bond donors (Lipinski definition) is 3. The van der Waals surface area contributed by atoms with Crippen LogP contribution in [0.4, 0.5) is 0 Å². The Kier molecular flexibility index (Phi) is 12.9. The number of quaternary nitrogens is 1. The smallest absolute Gasteiger partial charge is 0.317 e. The van der Waals surface area contributed by atoms with Crippen LogP contribution in [0.3, 0.4) is 0 Å². The van der Waals surface area contributed by atoms with Crippen molar-refractivity contribution in [1.29, 1.82) is 0 Å². The average molecular weight is 273 g/mol. The third-order valence-corrected chi connectivity index (χ3v) is 1.34. The molecule has 0 aromatic rings. The van der Waals surface area contributed by atoms with Crippen molar-refractivity contribution >= 4 is 24.3 Å². The van der Waals surface area contributed by atoms with Crippen LogP contribution in [0.2, 0.25) is 0 Å². The molecule has 0 saturated carbocycles. The van der Waals surface area contributed by atoms with Gasteiger partial charge in [-0.1, -0.05) is 0 Å². The summed E-state index contributed by atoms with van der Waals surface area (Å²) in [6, 6.07) is 0. The molecule has 4 N–H and O–H groups in total. The van der Waals surface area contributed by atoms with Crippen LogP contribution < -0.4 is 10.8 Å². The monoisotopic (exact) mass is 272 g/mol. The maximum atomic E-state index is 10.0. The van der Waals surface area contributed by atoms with Gasteiger partial charge in [0.15, 0.2) is 0 Å². The van der Waals surface area contributed by atoms with Crippen molar-refractivity contribution in [2.45, 2.75) is 12.5 Å². The van der Waals surface area contributed by atoms with E-state index in [4.69, 9.17) is 10.2 Å². The molecule has 17 heavy (non-hydrogen) atoms. The van der Waals surface area contributed by atoms with Crippen molar-refractivity contribution in [2.75, 3.05) is 34.2 Å². The Labute approximate surface area is 107 Å². The Balaban J connectivity index is -0.000000280. The second-order valence-electron chi connectivity index (χ2n) is 4.30. The number of aliphatic hydroxyl groups is 1. The minimum atomic E-state index is -1.20. The van der Waals surface area contributed by atoms with Gasteiger partial charge in [-0.3, -0.25) is 4.79 Å². The summed E-state index contributed by atoms with van der Waals surface area (Å²) in [6.07, 6.45) is -1.09. The lowest BCUT2D eigenvalue weighted by Gasteiger charge is -2.26. The first kappa shape index (κ1) is 21.4. The van der Waals surface area contributed by atoms with Crippen LogP contribution in [0.5, 0.6) is 0 Å². The molecule has 0 aliphatic rings. The fourth-order valence-electron chi connectivity index (χ4n) is 0.889. The van der Waals surface area contributed by atoms with E-state index in [1.807, 2.05) is 21.1 Å². The highest BCUT2D eigenvalue weighted by molar-refractivity contribution is 5.85. The summed E-state index contributed by atoms with van der Waals surface area (Å²) in [5.41, 5.74) is 4.57. The molecule has 104 valence electrons. The number of nitrogens with zero attached hydrogens (tertiary/aromatic N) is 1. The Hall–Kier alpha value is -0.890. The van der Waals surface area contributed by atoms with Gasteiger partial charge in [0.25, 0.3) is 0 Å². The Morgan fingerprint density at radius 1 is 1.35 bits per heavy atom. The lowest BCUT2D eigenvalue weighted by Crippen LogP contribution is -2.43. The molecule has 0 saturated heterocycles. The largest absolute Gasteiger partial charge is 0.550 e. The predicted molar refractivity (Wildman–Crippen MR) is 62.5 cm³/mol. The van der Waals surface area contributed by atoms with E-state index in [0.717, 1.165) is 0 Å². The molecule has 0 radical (unpaired) electrons. The molecule has 0 aromatic carbocycles. The summed E-state index contributed by atoms with van der Waals surface area (Å²) in [5, 5.41) is 26.7. The molecule has 0 amide bonds. The SMILES string of the molecule is C[N+](C)(C)C[C@H](O)CC(=O)[O-].Cl.NCC(=O)O. The highest BCUT2D eigenvalue weighted by Crippen LogP contribution is 1.97. The van der Waals surface area contributed by atoms with Crippen LogP contribution >= 0.6 is 12.4 Å². The molecule has 0 bridgehead atoms. The third kappa shape index (κ3) is 25.4. The number of likely N-dealkylation sites (N-methyl/N-ethyl adjacent to an activating group) is 1. The van der Waals surface area contributed by atoms with E-state index in [-0.39, 0.29) is 25.4 Å². The Morgan fingerprint density at radius 3 is 1.88 bits per heavy atom. The molecule has 8 heteroatoms. The summed E-state index contributed by atoms with van der Waals surface area (Å²) < 4.78 is 0.550. The van der Waals surface area contributed by atoms with E-state index < -0.39 is 18.0 Å². The summed E-state index contributed by atoms with van der Waals surface area (Å²) in [4.78, 5) is 19.3. The molecule has 7 nitrogen and oxygen atoms in total. The molecule has 0 spiro atoms. The van der Waals surface area contributed by atoms with E-state index in [1.54, 1.807) is 0 Å². The number of aliphatic hydroxyl groups excluding tert-OH is 1. The van der Waals surface area contributed by atoms with Crippen LogP contribution in [0.1, 0.15) is 6.42 Å². The summed E-state index contributed by atoms with van der Waals surface area (Å²) >= 11 is 0. The van der Waals surface area contributed by atoms with Gasteiger partial charge in [-0.2, -0.15) is 0 Å². The van der Waals surface area contributed by atoms with Crippen molar-refractivity contribution in [2.24, 2.45) is 5.73 Å². The number of hydrogen-bond acceptors (Lipinski definition) is 5. The number of carbonyl (C=O) groups is 2. The number of aliphatic carboxylic acids is 2. The average Bonchev–Trinajstić information content (AvgIpc) is 1.99. The number of carboxylic acids is 2. The molecule has 0 unspecified atom stereocenters. The molecule has 0 rings (SSSR count). The first-order valence-corrected chi connectivity index (χ1v) is 4.68. The van der Waals surface area contributed by atoms with Crippen LogP contribution in [0, 0.1) is 0 Å². The fraction of sp³-hybridized carbons (Fsp3) is 0.778. The molecule has 1 atom stereocenters. The summed E-state index contributed by atoms with van der Waals surface area (Å²) in [6.45, 7) is 0.147. The quantitative estimate of drug-likeness (QED) is 0.481. The van der Waals surface area contributed by atoms with Gasteiger partial charge in [-0.25, -0.2) is 0 Å². The van der Waals surface area contributed by atoms with E-state index >= 15 is 0 Å². The normalized spacial score (nSPS) is 11.6. The number of carbonyl (C=O) groups excluding carboxylic acids is 1. The highest BCUT2D eigenvalue weighted by Gasteiger charge is 2.14. The van der Waals surface area contributed by atoms with Gasteiger partial charge in [0.1, 0.15) is 12.6 Å². The van der Waals surface area contributed by atoms with Crippen molar-refractivity contribution < 1.29 is 29.4 Å². The Bertz CT molecular complexity index is 230. The van der Waals surface area contributed by atoms with Crippen LogP contribution in [0.15, 0.2) is 0 Å². The van der Waals surface area contributed by atoms with Crippen molar-refractivity contribution in [3.05, 3.63) is 0 Å². The molecular weight excluding hydrogens is 252 g/mol. The molecular formula is C9H21ClN2O5. The highest BCUT2D eigenvalue weighted by atomic mass is 35.5. The van der Waals surface area contributed by atoms with E-state index in [9.17, 15) is 14.7 Å². The fourth-order valence-corrected chi connectivity index (χ4v) is 0.889. The number of nitrogens with two attached hydrogens (primary N) is 1. The second-order valence-corrected chi connectivity index (χ2v) is 4.30. The first-order valence-electron chi connectivity index (χ1n) is 4.68. The second kappa shape index (κ2) is 10.3. The maximum absolute atomic E-state index is 10.0. The minimum absolute atomic E-state index is 0. The van der Waals surface area contributed by atoms with Gasteiger partial charge in [0, 0.05) is 12.4 Å². The van der Waals surface area contributed by atoms with E-state index in [0.29, 0.717) is 11.0 Å². The van der Waals surface area contributed by atoms with Crippen LogP contribution in [-0.4, -0.2) is 67.0 Å². The van der Waals surface area contributed by atoms with Gasteiger partial charge < -0.3 is 30.3 Å².